The maximum absolute atomic E-state index is 12.7. The molecule has 20 heavy (non-hydrogen) atoms. The van der Waals surface area contributed by atoms with Gasteiger partial charge in [0.25, 0.3) is 0 Å². The molecule has 2 rings (SSSR count). The van der Waals surface area contributed by atoms with Crippen LogP contribution in [0.5, 0.6) is 0 Å². The summed E-state index contributed by atoms with van der Waals surface area (Å²) >= 11 is 0. The average molecular weight is 282 g/mol. The van der Waals surface area contributed by atoms with Crippen LogP contribution >= 0.6 is 0 Å². The molecule has 0 spiro atoms. The number of urea groups is 1. The van der Waals surface area contributed by atoms with Gasteiger partial charge in [0.1, 0.15) is 6.04 Å². The number of carboxylic acid groups (broad SMARTS) is 1. The molecule has 0 aromatic rings. The molecule has 1 N–H and O–H groups in total. The van der Waals surface area contributed by atoms with Gasteiger partial charge in [-0.05, 0) is 37.5 Å². The topological polar surface area (TPSA) is 60.9 Å². The van der Waals surface area contributed by atoms with Gasteiger partial charge in [-0.25, -0.2) is 9.59 Å². The minimum absolute atomic E-state index is 0.0736. The Kier molecular flexibility index (Phi) is 4.89. The zero-order valence-electron chi connectivity index (χ0n) is 12.5. The number of carbonyl (C=O) groups excluding carboxylic acids is 1. The minimum Gasteiger partial charge on any atom is -0.480 e. The van der Waals surface area contributed by atoms with Crippen molar-refractivity contribution in [1.29, 1.82) is 0 Å². The Bertz CT molecular complexity index is 366. The van der Waals surface area contributed by atoms with E-state index < -0.39 is 12.0 Å². The number of aliphatic carboxylic acids is 1. The summed E-state index contributed by atoms with van der Waals surface area (Å²) < 4.78 is 0. The second-order valence-electron chi connectivity index (χ2n) is 6.06. The molecule has 2 fully saturated rings. The number of nitrogens with zero attached hydrogens (tertiary/aromatic N) is 2. The molecule has 0 radical (unpaired) electrons. The summed E-state index contributed by atoms with van der Waals surface area (Å²) in [6.45, 7) is 6.15. The second kappa shape index (κ2) is 6.46. The molecule has 3 unspecified atom stereocenters. The van der Waals surface area contributed by atoms with Crippen LogP contribution in [0.3, 0.4) is 0 Å². The highest BCUT2D eigenvalue weighted by Crippen LogP contribution is 2.42. The van der Waals surface area contributed by atoms with E-state index in [-0.39, 0.29) is 11.9 Å². The fraction of sp³-hybridized carbons (Fsp3) is 0.867. The van der Waals surface area contributed by atoms with Gasteiger partial charge in [-0.15, -0.1) is 0 Å². The van der Waals surface area contributed by atoms with Crippen LogP contribution < -0.4 is 0 Å². The summed E-state index contributed by atoms with van der Waals surface area (Å²) in [6, 6.07) is -0.679. The summed E-state index contributed by atoms with van der Waals surface area (Å²) in [5.41, 5.74) is 0. The lowest BCUT2D eigenvalue weighted by Gasteiger charge is -2.31. The van der Waals surface area contributed by atoms with Crippen LogP contribution in [0.4, 0.5) is 4.79 Å². The molecule has 5 heteroatoms. The van der Waals surface area contributed by atoms with Crippen molar-refractivity contribution in [1.82, 2.24) is 9.80 Å². The fourth-order valence-corrected chi connectivity index (χ4v) is 3.84. The standard InChI is InChI=1S/C15H26N2O3/c1-3-8-16(9-4-2)15(20)17-10-11-6-5-7-12(11)13(17)14(18)19/h11-13H,3-10H2,1-2H3,(H,18,19). The quantitative estimate of drug-likeness (QED) is 0.842. The third-order valence-corrected chi connectivity index (χ3v) is 4.65. The number of likely N-dealkylation sites (tertiary alicyclic amines) is 1. The first-order chi connectivity index (χ1) is 9.60. The van der Waals surface area contributed by atoms with Crippen LogP contribution in [-0.4, -0.2) is 52.6 Å². The van der Waals surface area contributed by atoms with Gasteiger partial charge in [0, 0.05) is 19.6 Å². The van der Waals surface area contributed by atoms with Crippen molar-refractivity contribution in [2.45, 2.75) is 52.0 Å². The van der Waals surface area contributed by atoms with Gasteiger partial charge < -0.3 is 14.9 Å². The lowest BCUT2D eigenvalue weighted by molar-refractivity contribution is -0.142. The highest BCUT2D eigenvalue weighted by molar-refractivity contribution is 5.84. The van der Waals surface area contributed by atoms with Gasteiger partial charge in [0.05, 0.1) is 0 Å². The van der Waals surface area contributed by atoms with Gasteiger partial charge >= 0.3 is 12.0 Å². The summed E-state index contributed by atoms with van der Waals surface area (Å²) in [6.07, 6.45) is 4.94. The van der Waals surface area contributed by atoms with Crippen molar-refractivity contribution in [2.24, 2.45) is 11.8 Å². The first-order valence-electron chi connectivity index (χ1n) is 7.88. The van der Waals surface area contributed by atoms with Crippen LogP contribution in [0.1, 0.15) is 46.0 Å². The number of rotatable bonds is 5. The van der Waals surface area contributed by atoms with Crippen LogP contribution in [0.2, 0.25) is 0 Å². The maximum Gasteiger partial charge on any atom is 0.326 e. The van der Waals surface area contributed by atoms with Crippen molar-refractivity contribution in [3.63, 3.8) is 0 Å². The van der Waals surface area contributed by atoms with Gasteiger partial charge in [-0.3, -0.25) is 0 Å². The first-order valence-corrected chi connectivity index (χ1v) is 7.88. The number of fused-ring (bicyclic) bond motifs is 1. The maximum atomic E-state index is 12.7. The summed E-state index contributed by atoms with van der Waals surface area (Å²) in [4.78, 5) is 27.7. The van der Waals surface area contributed by atoms with E-state index in [2.05, 4.69) is 0 Å². The van der Waals surface area contributed by atoms with E-state index in [1.165, 1.54) is 0 Å². The molecule has 3 atom stereocenters. The summed E-state index contributed by atoms with van der Waals surface area (Å²) in [7, 11) is 0. The van der Waals surface area contributed by atoms with E-state index in [1.807, 2.05) is 18.7 Å². The smallest absolute Gasteiger partial charge is 0.326 e. The third kappa shape index (κ3) is 2.76. The van der Waals surface area contributed by atoms with Crippen LogP contribution in [0.25, 0.3) is 0 Å². The zero-order valence-corrected chi connectivity index (χ0v) is 12.5. The molecule has 114 valence electrons. The largest absolute Gasteiger partial charge is 0.480 e. The average Bonchev–Trinajstić information content (AvgIpc) is 2.96. The third-order valence-electron chi connectivity index (χ3n) is 4.65. The van der Waals surface area contributed by atoms with Gasteiger partial charge in [-0.1, -0.05) is 20.3 Å². The zero-order chi connectivity index (χ0) is 14.7. The molecule has 2 amide bonds. The molecule has 2 aliphatic rings. The Morgan fingerprint density at radius 3 is 2.40 bits per heavy atom. The lowest BCUT2D eigenvalue weighted by atomic mass is 9.94. The molecule has 1 saturated heterocycles. The predicted octanol–water partition coefficient (Wildman–Crippen LogP) is 2.41. The van der Waals surface area contributed by atoms with E-state index in [0.717, 1.165) is 32.1 Å². The number of hydrogen-bond donors (Lipinski definition) is 1. The Labute approximate surface area is 120 Å². The lowest BCUT2D eigenvalue weighted by Crippen LogP contribution is -2.50. The van der Waals surface area contributed by atoms with Crippen LogP contribution in [-0.2, 0) is 4.79 Å². The molecule has 5 nitrogen and oxygen atoms in total. The van der Waals surface area contributed by atoms with E-state index in [9.17, 15) is 14.7 Å². The van der Waals surface area contributed by atoms with Crippen molar-refractivity contribution in [3.05, 3.63) is 0 Å². The molecule has 0 bridgehead atoms. The minimum atomic E-state index is -0.833. The van der Waals surface area contributed by atoms with E-state index in [1.54, 1.807) is 4.90 Å². The van der Waals surface area contributed by atoms with E-state index >= 15 is 0 Å². The molecule has 0 aromatic carbocycles. The molecule has 1 aliphatic carbocycles. The Morgan fingerprint density at radius 2 is 1.85 bits per heavy atom. The van der Waals surface area contributed by atoms with Crippen molar-refractivity contribution < 1.29 is 14.7 Å². The number of amides is 2. The van der Waals surface area contributed by atoms with Gasteiger partial charge in [0.15, 0.2) is 0 Å². The molecule has 0 aromatic heterocycles. The molecular formula is C15H26N2O3. The van der Waals surface area contributed by atoms with E-state index in [0.29, 0.717) is 25.6 Å². The number of hydrogen-bond acceptors (Lipinski definition) is 2. The van der Waals surface area contributed by atoms with Crippen LogP contribution in [0.15, 0.2) is 0 Å². The van der Waals surface area contributed by atoms with Crippen molar-refractivity contribution in [3.8, 4) is 0 Å². The second-order valence-corrected chi connectivity index (χ2v) is 6.06. The van der Waals surface area contributed by atoms with Crippen LogP contribution in [0, 0.1) is 11.8 Å². The SMILES string of the molecule is CCCN(CCC)C(=O)N1CC2CCCC2C1C(=O)O. The highest BCUT2D eigenvalue weighted by Gasteiger charge is 2.50. The monoisotopic (exact) mass is 282 g/mol. The molecule has 1 heterocycles. The molecule has 1 aliphatic heterocycles. The molecule has 1 saturated carbocycles. The number of carboxylic acids is 1. The van der Waals surface area contributed by atoms with E-state index in [4.69, 9.17) is 0 Å². The highest BCUT2D eigenvalue weighted by atomic mass is 16.4. The summed E-state index contributed by atoms with van der Waals surface area (Å²) in [5.74, 6) is -0.271. The Hall–Kier alpha value is -1.26. The van der Waals surface area contributed by atoms with Crippen molar-refractivity contribution >= 4 is 12.0 Å². The Balaban J connectivity index is 2.13. The normalized spacial score (nSPS) is 28.5. The molecular weight excluding hydrogens is 256 g/mol. The van der Waals surface area contributed by atoms with Crippen molar-refractivity contribution in [2.75, 3.05) is 19.6 Å². The first kappa shape index (κ1) is 15.1. The Morgan fingerprint density at radius 1 is 1.20 bits per heavy atom. The predicted molar refractivity (Wildman–Crippen MR) is 76.5 cm³/mol. The van der Waals surface area contributed by atoms with Gasteiger partial charge in [-0.2, -0.15) is 0 Å². The number of carbonyl (C=O) groups is 2. The summed E-state index contributed by atoms with van der Waals surface area (Å²) in [5, 5.41) is 9.51. The van der Waals surface area contributed by atoms with Gasteiger partial charge in [0.2, 0.25) is 0 Å². The fourth-order valence-electron chi connectivity index (χ4n) is 3.84.